The summed E-state index contributed by atoms with van der Waals surface area (Å²) in [4.78, 5) is 25.8. The van der Waals surface area contributed by atoms with Crippen molar-refractivity contribution in [3.8, 4) is 17.0 Å². The Labute approximate surface area is 216 Å². The number of aromatic nitrogens is 2. The topological polar surface area (TPSA) is 96.2 Å². The van der Waals surface area contributed by atoms with Crippen molar-refractivity contribution >= 4 is 17.6 Å². The lowest BCUT2D eigenvalue weighted by molar-refractivity contribution is 0.102. The third-order valence-corrected chi connectivity index (χ3v) is 6.61. The van der Waals surface area contributed by atoms with Crippen molar-refractivity contribution in [2.24, 2.45) is 0 Å². The van der Waals surface area contributed by atoms with E-state index in [1.165, 1.54) is 10.7 Å². The molecule has 0 saturated heterocycles. The van der Waals surface area contributed by atoms with Crippen molar-refractivity contribution in [3.05, 3.63) is 101 Å². The van der Waals surface area contributed by atoms with E-state index in [4.69, 9.17) is 0 Å². The number of carbonyl (C=O) groups excluding carboxylic acids is 2. The van der Waals surface area contributed by atoms with Gasteiger partial charge in [0.15, 0.2) is 0 Å². The van der Waals surface area contributed by atoms with Crippen molar-refractivity contribution in [2.45, 2.75) is 38.5 Å². The molecule has 188 valence electrons. The highest BCUT2D eigenvalue weighted by molar-refractivity contribution is 6.04. The lowest BCUT2D eigenvalue weighted by atomic mass is 10.1. The fourth-order valence-electron chi connectivity index (χ4n) is 4.31. The number of nitrogens with zero attached hydrogens (tertiary/aromatic N) is 2. The Morgan fingerprint density at radius 2 is 1.73 bits per heavy atom. The molecule has 0 spiro atoms. The molecule has 5 rings (SSSR count). The SMILES string of the molecule is CCc1ccc(C(=O)Nc2ccc(O)c(-c3cc(C4CC4)n(C(=O)NCCc4ccccc4)n3)c2)cc1. The van der Waals surface area contributed by atoms with Gasteiger partial charge in [-0.25, -0.2) is 4.79 Å². The van der Waals surface area contributed by atoms with E-state index in [1.54, 1.807) is 24.3 Å². The lowest BCUT2D eigenvalue weighted by Gasteiger charge is -2.09. The zero-order chi connectivity index (χ0) is 25.8. The fourth-order valence-corrected chi connectivity index (χ4v) is 4.31. The number of hydrogen-bond donors (Lipinski definition) is 3. The van der Waals surface area contributed by atoms with Gasteiger partial charge in [-0.15, -0.1) is 0 Å². The molecule has 4 aromatic rings. The van der Waals surface area contributed by atoms with Crippen molar-refractivity contribution in [2.75, 3.05) is 11.9 Å². The third-order valence-electron chi connectivity index (χ3n) is 6.61. The van der Waals surface area contributed by atoms with Crippen LogP contribution < -0.4 is 10.6 Å². The van der Waals surface area contributed by atoms with Gasteiger partial charge in [-0.1, -0.05) is 49.4 Å². The summed E-state index contributed by atoms with van der Waals surface area (Å²) < 4.78 is 1.41. The highest BCUT2D eigenvalue weighted by atomic mass is 16.3. The zero-order valence-corrected chi connectivity index (χ0v) is 20.8. The molecule has 0 atom stereocenters. The molecular weight excluding hydrogens is 464 g/mol. The average molecular weight is 495 g/mol. The van der Waals surface area contributed by atoms with Crippen LogP contribution in [-0.2, 0) is 12.8 Å². The number of anilines is 1. The van der Waals surface area contributed by atoms with Gasteiger partial charge in [-0.3, -0.25) is 4.79 Å². The number of hydrogen-bond acceptors (Lipinski definition) is 4. The zero-order valence-electron chi connectivity index (χ0n) is 20.8. The molecule has 1 saturated carbocycles. The molecule has 7 heteroatoms. The van der Waals surface area contributed by atoms with E-state index < -0.39 is 0 Å². The maximum Gasteiger partial charge on any atom is 0.342 e. The molecule has 0 aliphatic heterocycles. The predicted molar refractivity (Wildman–Crippen MR) is 144 cm³/mol. The van der Waals surface area contributed by atoms with Gasteiger partial charge >= 0.3 is 6.03 Å². The second-order valence-corrected chi connectivity index (χ2v) is 9.34. The van der Waals surface area contributed by atoms with Crippen molar-refractivity contribution in [1.82, 2.24) is 15.1 Å². The molecule has 1 aliphatic rings. The minimum atomic E-state index is -0.288. The average Bonchev–Trinajstić information content (AvgIpc) is 3.68. The van der Waals surface area contributed by atoms with Gasteiger partial charge in [0.2, 0.25) is 0 Å². The van der Waals surface area contributed by atoms with Crippen LogP contribution in [0, 0.1) is 0 Å². The van der Waals surface area contributed by atoms with E-state index in [0.29, 0.717) is 29.1 Å². The molecular formula is C30H30N4O3. The monoisotopic (exact) mass is 494 g/mol. The Morgan fingerprint density at radius 3 is 2.43 bits per heavy atom. The largest absolute Gasteiger partial charge is 0.507 e. The minimum Gasteiger partial charge on any atom is -0.507 e. The molecule has 1 aliphatic carbocycles. The summed E-state index contributed by atoms with van der Waals surface area (Å²) in [5.41, 5.74) is 5.17. The molecule has 0 radical (unpaired) electrons. The number of benzene rings is 3. The van der Waals surface area contributed by atoms with Gasteiger partial charge < -0.3 is 15.7 Å². The van der Waals surface area contributed by atoms with Gasteiger partial charge in [0.25, 0.3) is 5.91 Å². The van der Waals surface area contributed by atoms with Crippen LogP contribution in [0.3, 0.4) is 0 Å². The summed E-state index contributed by atoms with van der Waals surface area (Å²) in [5, 5.41) is 21.0. The highest BCUT2D eigenvalue weighted by Gasteiger charge is 2.30. The van der Waals surface area contributed by atoms with Gasteiger partial charge in [0.05, 0.1) is 11.4 Å². The molecule has 3 N–H and O–H groups in total. The Bertz CT molecular complexity index is 1410. The number of phenolic OH excluding ortho intramolecular Hbond substituents is 1. The summed E-state index contributed by atoms with van der Waals surface area (Å²) in [7, 11) is 0. The highest BCUT2D eigenvalue weighted by Crippen LogP contribution is 2.42. The molecule has 1 fully saturated rings. The summed E-state index contributed by atoms with van der Waals surface area (Å²) in [6.45, 7) is 2.56. The Kier molecular flexibility index (Phi) is 7.03. The molecule has 37 heavy (non-hydrogen) atoms. The molecule has 1 heterocycles. The van der Waals surface area contributed by atoms with E-state index in [-0.39, 0.29) is 23.6 Å². The molecule has 0 bridgehead atoms. The first-order valence-corrected chi connectivity index (χ1v) is 12.7. The first-order chi connectivity index (χ1) is 18.0. The number of amides is 2. The minimum absolute atomic E-state index is 0.0294. The van der Waals surface area contributed by atoms with Crippen LogP contribution in [0.5, 0.6) is 5.75 Å². The quantitative estimate of drug-likeness (QED) is 0.272. The van der Waals surface area contributed by atoms with E-state index >= 15 is 0 Å². The maximum atomic E-state index is 13.0. The van der Waals surface area contributed by atoms with Crippen LogP contribution in [0.15, 0.2) is 78.9 Å². The van der Waals surface area contributed by atoms with Gasteiger partial charge in [-0.2, -0.15) is 9.78 Å². The number of aryl methyl sites for hydroxylation is 1. The van der Waals surface area contributed by atoms with Crippen molar-refractivity contribution in [1.29, 1.82) is 0 Å². The van der Waals surface area contributed by atoms with E-state index in [1.807, 2.05) is 48.5 Å². The summed E-state index contributed by atoms with van der Waals surface area (Å²) in [6, 6.07) is 23.9. The van der Waals surface area contributed by atoms with Crippen LogP contribution in [0.2, 0.25) is 0 Å². The fraction of sp³-hybridized carbons (Fsp3) is 0.233. The molecule has 0 unspecified atom stereocenters. The van der Waals surface area contributed by atoms with Crippen LogP contribution in [0.25, 0.3) is 11.3 Å². The molecule has 2 amide bonds. The second kappa shape index (κ2) is 10.7. The second-order valence-electron chi connectivity index (χ2n) is 9.34. The Morgan fingerprint density at radius 1 is 0.973 bits per heavy atom. The number of nitrogens with one attached hydrogen (secondary N) is 2. The van der Waals surface area contributed by atoms with Crippen LogP contribution in [0.1, 0.15) is 52.9 Å². The predicted octanol–water partition coefficient (Wildman–Crippen LogP) is 5.75. The van der Waals surface area contributed by atoms with Gasteiger partial charge in [0.1, 0.15) is 5.75 Å². The number of phenols is 1. The molecule has 7 nitrogen and oxygen atoms in total. The first-order valence-electron chi connectivity index (χ1n) is 12.7. The number of aromatic hydroxyl groups is 1. The van der Waals surface area contributed by atoms with Crippen molar-refractivity contribution < 1.29 is 14.7 Å². The van der Waals surface area contributed by atoms with Crippen LogP contribution in [0.4, 0.5) is 10.5 Å². The first kappa shape index (κ1) is 24.3. The Balaban J connectivity index is 1.33. The summed E-state index contributed by atoms with van der Waals surface area (Å²) in [5.74, 6) is 0.0697. The molecule has 1 aromatic heterocycles. The number of rotatable bonds is 8. The van der Waals surface area contributed by atoms with Crippen LogP contribution in [-0.4, -0.2) is 33.4 Å². The maximum absolute atomic E-state index is 13.0. The standard InChI is InChI=1S/C30H30N4O3/c1-2-20-8-10-23(11-9-20)29(36)32-24-14-15-28(35)25(18-24)26-19-27(22-12-13-22)34(33-26)30(37)31-17-16-21-6-4-3-5-7-21/h3-11,14-15,18-19,22,35H,2,12-13,16-17H2,1H3,(H,31,37)(H,32,36). The normalized spacial score (nSPS) is 12.8. The summed E-state index contributed by atoms with van der Waals surface area (Å²) >= 11 is 0. The van der Waals surface area contributed by atoms with E-state index in [0.717, 1.165) is 42.5 Å². The summed E-state index contributed by atoms with van der Waals surface area (Å²) in [6.07, 6.45) is 3.63. The Hall–Kier alpha value is -4.39. The third kappa shape index (κ3) is 5.72. The van der Waals surface area contributed by atoms with Gasteiger partial charge in [0, 0.05) is 29.3 Å². The van der Waals surface area contributed by atoms with Crippen LogP contribution >= 0.6 is 0 Å². The molecule has 3 aromatic carbocycles. The van der Waals surface area contributed by atoms with Crippen molar-refractivity contribution in [3.63, 3.8) is 0 Å². The van der Waals surface area contributed by atoms with E-state index in [2.05, 4.69) is 22.7 Å². The lowest BCUT2D eigenvalue weighted by Crippen LogP contribution is -2.32. The van der Waals surface area contributed by atoms with Gasteiger partial charge in [-0.05, 0) is 73.2 Å². The van der Waals surface area contributed by atoms with E-state index in [9.17, 15) is 14.7 Å². The smallest absolute Gasteiger partial charge is 0.342 e. The number of carbonyl (C=O) groups is 2.